The molecule has 2 aliphatic rings. The number of carbonyl (C=O) groups excluding carboxylic acids is 2. The SMILES string of the molecule is CC(=O)[C@@H]1C(=O)O[C@H]2[C@H]1CCC[C@H]2O[Si](C)(C)C(C)(C)C. The van der Waals surface area contributed by atoms with Gasteiger partial charge in [0.25, 0.3) is 0 Å². The Balaban J connectivity index is 2.17. The molecule has 5 heteroatoms. The van der Waals surface area contributed by atoms with Crippen LogP contribution in [0.1, 0.15) is 47.0 Å². The van der Waals surface area contributed by atoms with Crippen LogP contribution in [0.3, 0.4) is 0 Å². The van der Waals surface area contributed by atoms with Crippen molar-refractivity contribution in [2.45, 2.75) is 77.3 Å². The van der Waals surface area contributed by atoms with Crippen molar-refractivity contribution < 1.29 is 18.8 Å². The minimum absolute atomic E-state index is 0.0125. The molecule has 1 saturated heterocycles. The molecule has 2 fully saturated rings. The third kappa shape index (κ3) is 3.09. The number of Topliss-reactive ketones (excluding diaryl/α,β-unsaturated/α-hetero) is 1. The van der Waals surface area contributed by atoms with Gasteiger partial charge in [-0.05, 0) is 37.9 Å². The Morgan fingerprint density at radius 1 is 1.29 bits per heavy atom. The maximum atomic E-state index is 12.0. The zero-order chi connectivity index (χ0) is 16.0. The highest BCUT2D eigenvalue weighted by molar-refractivity contribution is 6.74. The van der Waals surface area contributed by atoms with Crippen LogP contribution in [0.4, 0.5) is 0 Å². The fraction of sp³-hybridized carbons (Fsp3) is 0.875. The van der Waals surface area contributed by atoms with E-state index in [1.54, 1.807) is 0 Å². The zero-order valence-corrected chi connectivity index (χ0v) is 15.1. The van der Waals surface area contributed by atoms with E-state index < -0.39 is 14.2 Å². The summed E-state index contributed by atoms with van der Waals surface area (Å²) in [5.74, 6) is -0.969. The quantitative estimate of drug-likeness (QED) is 0.456. The van der Waals surface area contributed by atoms with E-state index in [4.69, 9.17) is 9.16 Å². The van der Waals surface area contributed by atoms with Crippen molar-refractivity contribution in [2.75, 3.05) is 0 Å². The Bertz CT molecular complexity index is 438. The van der Waals surface area contributed by atoms with Gasteiger partial charge in [-0.15, -0.1) is 0 Å². The Hall–Kier alpha value is -0.683. The van der Waals surface area contributed by atoms with Crippen LogP contribution in [0.15, 0.2) is 0 Å². The van der Waals surface area contributed by atoms with E-state index in [1.165, 1.54) is 6.92 Å². The normalized spacial score (nSPS) is 33.5. The van der Waals surface area contributed by atoms with E-state index in [0.29, 0.717) is 0 Å². The molecule has 0 bridgehead atoms. The number of ether oxygens (including phenoxy) is 1. The number of fused-ring (bicyclic) bond motifs is 1. The second kappa shape index (κ2) is 5.50. The summed E-state index contributed by atoms with van der Waals surface area (Å²) in [5.41, 5.74) is 0. The number of ketones is 1. The van der Waals surface area contributed by atoms with Crippen molar-refractivity contribution in [2.24, 2.45) is 11.8 Å². The molecule has 1 aliphatic carbocycles. The highest BCUT2D eigenvalue weighted by atomic mass is 28.4. The van der Waals surface area contributed by atoms with E-state index in [1.807, 2.05) is 0 Å². The average Bonchev–Trinajstić information content (AvgIpc) is 2.64. The molecular weight excluding hydrogens is 284 g/mol. The average molecular weight is 312 g/mol. The predicted octanol–water partition coefficient (Wildman–Crippen LogP) is 3.31. The first-order valence-corrected chi connectivity index (χ1v) is 10.8. The fourth-order valence-electron chi connectivity index (χ4n) is 3.21. The lowest BCUT2D eigenvalue weighted by atomic mass is 9.77. The topological polar surface area (TPSA) is 52.6 Å². The molecule has 4 atom stereocenters. The molecule has 0 unspecified atom stereocenters. The summed E-state index contributed by atoms with van der Waals surface area (Å²) in [5, 5.41) is 0.128. The van der Waals surface area contributed by atoms with E-state index >= 15 is 0 Å². The molecule has 1 saturated carbocycles. The van der Waals surface area contributed by atoms with Crippen molar-refractivity contribution in [1.29, 1.82) is 0 Å². The first-order chi connectivity index (χ1) is 9.54. The predicted molar refractivity (Wildman–Crippen MR) is 83.5 cm³/mol. The summed E-state index contributed by atoms with van der Waals surface area (Å²) in [6, 6.07) is 0. The van der Waals surface area contributed by atoms with E-state index in [-0.39, 0.29) is 34.9 Å². The highest BCUT2D eigenvalue weighted by Gasteiger charge is 2.53. The maximum Gasteiger partial charge on any atom is 0.317 e. The Kier molecular flexibility index (Phi) is 4.37. The van der Waals surface area contributed by atoms with Crippen LogP contribution in [-0.2, 0) is 18.8 Å². The standard InChI is InChI=1S/C16H28O4Si/c1-10(17)13-11-8-7-9-12(14(11)19-15(13)18)20-21(5,6)16(2,3)4/h11-14H,7-9H2,1-6H3/t11-,12+,13-,14-/m0/s1. The van der Waals surface area contributed by atoms with Gasteiger partial charge in [-0.1, -0.05) is 27.2 Å². The summed E-state index contributed by atoms with van der Waals surface area (Å²) in [7, 11) is -1.90. The van der Waals surface area contributed by atoms with Gasteiger partial charge < -0.3 is 9.16 Å². The van der Waals surface area contributed by atoms with Crippen LogP contribution in [0.5, 0.6) is 0 Å². The molecule has 21 heavy (non-hydrogen) atoms. The number of hydrogen-bond donors (Lipinski definition) is 0. The Labute approximate surface area is 128 Å². The molecule has 4 nitrogen and oxygen atoms in total. The molecule has 2 rings (SSSR count). The van der Waals surface area contributed by atoms with Crippen molar-refractivity contribution in [3.05, 3.63) is 0 Å². The number of carbonyl (C=O) groups is 2. The molecule has 0 N–H and O–H groups in total. The van der Waals surface area contributed by atoms with Crippen LogP contribution >= 0.6 is 0 Å². The van der Waals surface area contributed by atoms with Gasteiger partial charge >= 0.3 is 5.97 Å². The minimum Gasteiger partial charge on any atom is -0.459 e. The smallest absolute Gasteiger partial charge is 0.317 e. The Morgan fingerprint density at radius 3 is 2.43 bits per heavy atom. The molecular formula is C16H28O4Si. The number of hydrogen-bond acceptors (Lipinski definition) is 4. The molecule has 0 aromatic rings. The summed E-state index contributed by atoms with van der Waals surface area (Å²) in [6.07, 6.45) is 2.54. The summed E-state index contributed by atoms with van der Waals surface area (Å²) in [6.45, 7) is 12.5. The summed E-state index contributed by atoms with van der Waals surface area (Å²) >= 11 is 0. The van der Waals surface area contributed by atoms with Crippen molar-refractivity contribution in [3.63, 3.8) is 0 Å². The van der Waals surface area contributed by atoms with E-state index in [9.17, 15) is 9.59 Å². The lowest BCUT2D eigenvalue weighted by molar-refractivity contribution is -0.149. The fourth-order valence-corrected chi connectivity index (χ4v) is 4.57. The molecule has 0 amide bonds. The molecule has 120 valence electrons. The molecule has 0 aromatic heterocycles. The van der Waals surface area contributed by atoms with Crippen LogP contribution in [0.25, 0.3) is 0 Å². The highest BCUT2D eigenvalue weighted by Crippen LogP contribution is 2.44. The van der Waals surface area contributed by atoms with Gasteiger partial charge in [0.1, 0.15) is 17.8 Å². The third-order valence-corrected chi connectivity index (χ3v) is 9.94. The van der Waals surface area contributed by atoms with Crippen LogP contribution in [0, 0.1) is 11.8 Å². The second-order valence-electron chi connectivity index (χ2n) is 8.00. The first-order valence-electron chi connectivity index (χ1n) is 7.93. The van der Waals surface area contributed by atoms with Gasteiger partial charge in [0.05, 0.1) is 6.10 Å². The molecule has 0 spiro atoms. The van der Waals surface area contributed by atoms with Gasteiger partial charge in [0.2, 0.25) is 0 Å². The largest absolute Gasteiger partial charge is 0.459 e. The number of rotatable bonds is 3. The molecule has 1 aliphatic heterocycles. The summed E-state index contributed by atoms with van der Waals surface area (Å²) in [4.78, 5) is 23.7. The molecule has 1 heterocycles. The number of esters is 1. The van der Waals surface area contributed by atoms with Gasteiger partial charge in [-0.25, -0.2) is 0 Å². The zero-order valence-electron chi connectivity index (χ0n) is 14.1. The monoisotopic (exact) mass is 312 g/mol. The molecule has 0 aromatic carbocycles. The maximum absolute atomic E-state index is 12.0. The lowest BCUT2D eigenvalue weighted by Crippen LogP contribution is -2.49. The van der Waals surface area contributed by atoms with Crippen LogP contribution < -0.4 is 0 Å². The second-order valence-corrected chi connectivity index (χ2v) is 12.8. The lowest BCUT2D eigenvalue weighted by Gasteiger charge is -2.43. The van der Waals surface area contributed by atoms with Gasteiger partial charge in [0.15, 0.2) is 8.32 Å². The van der Waals surface area contributed by atoms with Gasteiger partial charge in [-0.2, -0.15) is 0 Å². The third-order valence-electron chi connectivity index (χ3n) is 5.44. The molecule has 0 radical (unpaired) electrons. The first kappa shape index (κ1) is 16.7. The van der Waals surface area contributed by atoms with E-state index in [0.717, 1.165) is 19.3 Å². The van der Waals surface area contributed by atoms with Gasteiger partial charge in [0, 0.05) is 5.92 Å². The Morgan fingerprint density at radius 2 is 1.90 bits per heavy atom. The van der Waals surface area contributed by atoms with E-state index in [2.05, 4.69) is 33.9 Å². The van der Waals surface area contributed by atoms with Crippen molar-refractivity contribution in [1.82, 2.24) is 0 Å². The van der Waals surface area contributed by atoms with Crippen molar-refractivity contribution >= 4 is 20.1 Å². The van der Waals surface area contributed by atoms with Crippen LogP contribution in [0.2, 0.25) is 18.1 Å². The van der Waals surface area contributed by atoms with Crippen LogP contribution in [-0.4, -0.2) is 32.3 Å². The minimum atomic E-state index is -1.90. The van der Waals surface area contributed by atoms with Gasteiger partial charge in [-0.3, -0.25) is 9.59 Å². The van der Waals surface area contributed by atoms with Crippen molar-refractivity contribution in [3.8, 4) is 0 Å². The summed E-state index contributed by atoms with van der Waals surface area (Å²) < 4.78 is 12.0.